The quantitative estimate of drug-likeness (QED) is 0.842. The summed E-state index contributed by atoms with van der Waals surface area (Å²) in [5.74, 6) is 0.00264. The molecule has 0 aliphatic carbocycles. The molecule has 18 heavy (non-hydrogen) atoms. The third-order valence-electron chi connectivity index (χ3n) is 3.22. The van der Waals surface area contributed by atoms with Gasteiger partial charge in [-0.25, -0.2) is 0 Å². The molecule has 1 fully saturated rings. The first kappa shape index (κ1) is 13.0. The number of carbonyl (C=O) groups is 1. The molecule has 1 aliphatic rings. The van der Waals surface area contributed by atoms with Crippen molar-refractivity contribution in [3.8, 4) is 0 Å². The van der Waals surface area contributed by atoms with Crippen molar-refractivity contribution in [2.24, 2.45) is 7.05 Å². The second-order valence-corrected chi connectivity index (χ2v) is 4.73. The molecular formula is C12H20N4O2. The number of methoxy groups -OCH3 is 1. The summed E-state index contributed by atoms with van der Waals surface area (Å²) in [6.45, 7) is 4.04. The molecule has 2 heterocycles. The van der Waals surface area contributed by atoms with E-state index in [1.807, 2.05) is 20.2 Å². The molecule has 1 N–H and O–H groups in total. The predicted octanol–water partition coefficient (Wildman–Crippen LogP) is 0.388. The first-order chi connectivity index (χ1) is 8.58. The van der Waals surface area contributed by atoms with Crippen molar-refractivity contribution in [2.45, 2.75) is 19.4 Å². The molecular weight excluding hydrogens is 232 g/mol. The van der Waals surface area contributed by atoms with E-state index in [0.717, 1.165) is 30.9 Å². The van der Waals surface area contributed by atoms with Crippen LogP contribution in [-0.4, -0.2) is 53.4 Å². The van der Waals surface area contributed by atoms with Gasteiger partial charge in [-0.05, 0) is 13.3 Å². The van der Waals surface area contributed by atoms with Crippen LogP contribution in [0.4, 0.5) is 5.69 Å². The maximum atomic E-state index is 11.9. The minimum atomic E-state index is 0.00264. The first-order valence-corrected chi connectivity index (χ1v) is 6.13. The van der Waals surface area contributed by atoms with Gasteiger partial charge < -0.3 is 10.1 Å². The molecule has 1 aromatic rings. The van der Waals surface area contributed by atoms with Gasteiger partial charge in [0.25, 0.3) is 0 Å². The number of nitrogens with zero attached hydrogens (tertiary/aromatic N) is 3. The monoisotopic (exact) mass is 252 g/mol. The minimum absolute atomic E-state index is 0.00264. The molecule has 0 radical (unpaired) electrons. The van der Waals surface area contributed by atoms with Crippen LogP contribution in [-0.2, 0) is 16.6 Å². The van der Waals surface area contributed by atoms with Crippen molar-refractivity contribution >= 4 is 11.6 Å². The summed E-state index contributed by atoms with van der Waals surface area (Å²) >= 11 is 0. The SMILES string of the molecule is COC1CCN(CC(=O)Nc2cn(C)nc2C)C1. The molecule has 100 valence electrons. The van der Waals surface area contributed by atoms with E-state index in [9.17, 15) is 4.79 Å². The van der Waals surface area contributed by atoms with E-state index in [1.54, 1.807) is 11.8 Å². The first-order valence-electron chi connectivity index (χ1n) is 6.13. The van der Waals surface area contributed by atoms with Crippen LogP contribution in [0.1, 0.15) is 12.1 Å². The third-order valence-corrected chi connectivity index (χ3v) is 3.22. The summed E-state index contributed by atoms with van der Waals surface area (Å²) in [5.41, 5.74) is 1.62. The lowest BCUT2D eigenvalue weighted by atomic mass is 10.3. The maximum Gasteiger partial charge on any atom is 0.238 e. The highest BCUT2D eigenvalue weighted by Crippen LogP contribution is 2.13. The number of likely N-dealkylation sites (tertiary alicyclic amines) is 1. The number of amides is 1. The lowest BCUT2D eigenvalue weighted by molar-refractivity contribution is -0.117. The van der Waals surface area contributed by atoms with Crippen molar-refractivity contribution < 1.29 is 9.53 Å². The van der Waals surface area contributed by atoms with Crippen LogP contribution in [0.3, 0.4) is 0 Å². The minimum Gasteiger partial charge on any atom is -0.380 e. The topological polar surface area (TPSA) is 59.4 Å². The second kappa shape index (κ2) is 5.49. The Morgan fingerprint density at radius 3 is 3.00 bits per heavy atom. The average molecular weight is 252 g/mol. The standard InChI is InChI=1S/C12H20N4O2/c1-9-11(7-15(2)14-9)13-12(17)8-16-5-4-10(6-16)18-3/h7,10H,4-6,8H2,1-3H3,(H,13,17). The molecule has 1 unspecified atom stereocenters. The van der Waals surface area contributed by atoms with Crippen LogP contribution < -0.4 is 5.32 Å². The van der Waals surface area contributed by atoms with Crippen molar-refractivity contribution in [1.29, 1.82) is 0 Å². The van der Waals surface area contributed by atoms with Crippen LogP contribution in [0.15, 0.2) is 6.20 Å². The molecule has 0 saturated carbocycles. The van der Waals surface area contributed by atoms with Crippen molar-refractivity contribution in [2.75, 3.05) is 32.1 Å². The fourth-order valence-corrected chi connectivity index (χ4v) is 2.25. The zero-order valence-corrected chi connectivity index (χ0v) is 11.1. The normalized spacial score (nSPS) is 20.3. The molecule has 0 spiro atoms. The number of hydrogen-bond acceptors (Lipinski definition) is 4. The molecule has 0 aromatic carbocycles. The molecule has 1 saturated heterocycles. The van der Waals surface area contributed by atoms with Gasteiger partial charge in [0, 0.05) is 33.4 Å². The second-order valence-electron chi connectivity index (χ2n) is 4.73. The third kappa shape index (κ3) is 3.08. The Morgan fingerprint density at radius 1 is 1.67 bits per heavy atom. The molecule has 6 nitrogen and oxygen atoms in total. The number of ether oxygens (including phenoxy) is 1. The Kier molecular flexibility index (Phi) is 3.98. The summed E-state index contributed by atoms with van der Waals surface area (Å²) in [7, 11) is 3.56. The number of aryl methyl sites for hydroxylation is 2. The summed E-state index contributed by atoms with van der Waals surface area (Å²) in [6, 6.07) is 0. The van der Waals surface area contributed by atoms with Gasteiger partial charge >= 0.3 is 0 Å². The van der Waals surface area contributed by atoms with Crippen LogP contribution >= 0.6 is 0 Å². The highest BCUT2D eigenvalue weighted by atomic mass is 16.5. The fraction of sp³-hybridized carbons (Fsp3) is 0.667. The van der Waals surface area contributed by atoms with Crippen molar-refractivity contribution in [3.05, 3.63) is 11.9 Å². The molecule has 1 aromatic heterocycles. The molecule has 1 amide bonds. The van der Waals surface area contributed by atoms with Crippen molar-refractivity contribution in [3.63, 3.8) is 0 Å². The number of anilines is 1. The zero-order chi connectivity index (χ0) is 13.1. The molecule has 1 atom stereocenters. The van der Waals surface area contributed by atoms with Crippen LogP contribution in [0.5, 0.6) is 0 Å². The Morgan fingerprint density at radius 2 is 2.44 bits per heavy atom. The van der Waals surface area contributed by atoms with Gasteiger partial charge in [-0.3, -0.25) is 14.4 Å². The van der Waals surface area contributed by atoms with Crippen LogP contribution in [0.2, 0.25) is 0 Å². The Balaban J connectivity index is 1.84. The lowest BCUT2D eigenvalue weighted by Gasteiger charge is -2.14. The van der Waals surface area contributed by atoms with E-state index in [4.69, 9.17) is 4.74 Å². The number of carbonyl (C=O) groups excluding carboxylic acids is 1. The number of nitrogens with one attached hydrogen (secondary N) is 1. The van der Waals surface area contributed by atoms with Gasteiger partial charge in [-0.15, -0.1) is 0 Å². The van der Waals surface area contributed by atoms with E-state index >= 15 is 0 Å². The van der Waals surface area contributed by atoms with Gasteiger partial charge in [0.15, 0.2) is 0 Å². The summed E-state index contributed by atoms with van der Waals surface area (Å²) in [4.78, 5) is 14.0. The van der Waals surface area contributed by atoms with Gasteiger partial charge in [0.2, 0.25) is 5.91 Å². The molecule has 6 heteroatoms. The number of aromatic nitrogens is 2. The largest absolute Gasteiger partial charge is 0.380 e. The average Bonchev–Trinajstić information content (AvgIpc) is 2.86. The number of rotatable bonds is 4. The van der Waals surface area contributed by atoms with Gasteiger partial charge in [0.1, 0.15) is 0 Å². The lowest BCUT2D eigenvalue weighted by Crippen LogP contribution is -2.32. The van der Waals surface area contributed by atoms with E-state index < -0.39 is 0 Å². The summed E-state index contributed by atoms with van der Waals surface area (Å²) in [5, 5.41) is 7.08. The summed E-state index contributed by atoms with van der Waals surface area (Å²) < 4.78 is 6.97. The summed E-state index contributed by atoms with van der Waals surface area (Å²) in [6.07, 6.45) is 3.07. The molecule has 2 rings (SSSR count). The Bertz CT molecular complexity index is 430. The van der Waals surface area contributed by atoms with E-state index in [-0.39, 0.29) is 12.0 Å². The van der Waals surface area contributed by atoms with Gasteiger partial charge in [0.05, 0.1) is 24.0 Å². The molecule has 0 bridgehead atoms. The highest BCUT2D eigenvalue weighted by Gasteiger charge is 2.23. The Labute approximate surface area is 107 Å². The van der Waals surface area contributed by atoms with E-state index in [2.05, 4.69) is 15.3 Å². The van der Waals surface area contributed by atoms with Gasteiger partial charge in [-0.1, -0.05) is 0 Å². The van der Waals surface area contributed by atoms with E-state index in [0.29, 0.717) is 6.54 Å². The predicted molar refractivity (Wildman–Crippen MR) is 68.4 cm³/mol. The van der Waals surface area contributed by atoms with Crippen LogP contribution in [0, 0.1) is 6.92 Å². The Hall–Kier alpha value is -1.40. The number of hydrogen-bond donors (Lipinski definition) is 1. The fourth-order valence-electron chi connectivity index (χ4n) is 2.25. The molecule has 1 aliphatic heterocycles. The smallest absolute Gasteiger partial charge is 0.238 e. The van der Waals surface area contributed by atoms with Crippen molar-refractivity contribution in [1.82, 2.24) is 14.7 Å². The zero-order valence-electron chi connectivity index (χ0n) is 11.1. The van der Waals surface area contributed by atoms with Gasteiger partial charge in [-0.2, -0.15) is 5.10 Å². The van der Waals surface area contributed by atoms with Crippen LogP contribution in [0.25, 0.3) is 0 Å². The maximum absolute atomic E-state index is 11.9. The highest BCUT2D eigenvalue weighted by molar-refractivity contribution is 5.92. The van der Waals surface area contributed by atoms with E-state index in [1.165, 1.54) is 0 Å².